The van der Waals surface area contributed by atoms with Gasteiger partial charge in [-0.15, -0.1) is 0 Å². The first-order valence-electron chi connectivity index (χ1n) is 6.79. The Kier molecular flexibility index (Phi) is 5.33. The van der Waals surface area contributed by atoms with E-state index in [9.17, 15) is 9.59 Å². The number of carbonyl (C=O) groups excluding carboxylic acids is 1. The van der Waals surface area contributed by atoms with Gasteiger partial charge in [0.15, 0.2) is 0 Å². The summed E-state index contributed by atoms with van der Waals surface area (Å²) in [6, 6.07) is 12.7. The molecule has 0 radical (unpaired) electrons. The second kappa shape index (κ2) is 7.22. The number of fused-ring (bicyclic) bond motifs is 1. The highest BCUT2D eigenvalue weighted by Gasteiger charge is 2.20. The van der Waals surface area contributed by atoms with Crippen LogP contribution in [0.15, 0.2) is 53.5 Å². The molecule has 0 aliphatic heterocycles. The molecule has 0 aliphatic carbocycles. The normalized spacial score (nSPS) is 11.9. The van der Waals surface area contributed by atoms with E-state index in [1.165, 1.54) is 0 Å². The summed E-state index contributed by atoms with van der Waals surface area (Å²) in [4.78, 5) is 23.1. The van der Waals surface area contributed by atoms with Crippen molar-refractivity contribution in [2.75, 3.05) is 0 Å². The monoisotopic (exact) mass is 361 g/mol. The zero-order valence-corrected chi connectivity index (χ0v) is 13.5. The van der Waals surface area contributed by atoms with Gasteiger partial charge in [0.2, 0.25) is 5.91 Å². The molecule has 5 heteroatoms. The van der Waals surface area contributed by atoms with Gasteiger partial charge in [-0.2, -0.15) is 0 Å². The Balaban J connectivity index is 2.06. The van der Waals surface area contributed by atoms with Crippen molar-refractivity contribution in [1.29, 1.82) is 0 Å². The zero-order valence-electron chi connectivity index (χ0n) is 11.9. The average Bonchev–Trinajstić information content (AvgIpc) is 2.45. The predicted molar refractivity (Wildman–Crippen MR) is 89.9 cm³/mol. The predicted octanol–water partition coefficient (Wildman–Crippen LogP) is 3.25. The molecule has 0 aromatic heterocycles. The standard InChI is InChI=1S/C17H16BrNO3/c1-11(18)8-15(17(21)22)19-16(20)10-12-6-7-13-4-2-3-5-14(13)9-12/h2-7,9,15H,1,8,10H2,(H,19,20)(H,21,22)/t15-/m0/s1. The Bertz CT molecular complexity index is 727. The van der Waals surface area contributed by atoms with Gasteiger partial charge in [0, 0.05) is 6.42 Å². The first-order chi connectivity index (χ1) is 10.5. The smallest absolute Gasteiger partial charge is 0.326 e. The van der Waals surface area contributed by atoms with Crippen LogP contribution in [-0.2, 0) is 16.0 Å². The lowest BCUT2D eigenvalue weighted by Gasteiger charge is -2.14. The average molecular weight is 362 g/mol. The number of hydrogen-bond donors (Lipinski definition) is 2. The molecule has 1 amide bonds. The van der Waals surface area contributed by atoms with Crippen molar-refractivity contribution in [2.45, 2.75) is 18.9 Å². The third-order valence-electron chi connectivity index (χ3n) is 3.24. The van der Waals surface area contributed by atoms with E-state index in [1.54, 1.807) is 0 Å². The van der Waals surface area contributed by atoms with Crippen molar-refractivity contribution in [3.8, 4) is 0 Å². The Morgan fingerprint density at radius 2 is 1.86 bits per heavy atom. The van der Waals surface area contributed by atoms with E-state index in [1.807, 2.05) is 42.5 Å². The molecule has 0 aliphatic rings. The summed E-state index contributed by atoms with van der Waals surface area (Å²) in [7, 11) is 0. The second-order valence-electron chi connectivity index (χ2n) is 5.04. The number of carboxylic acid groups (broad SMARTS) is 1. The molecule has 0 spiro atoms. The fourth-order valence-electron chi connectivity index (χ4n) is 2.20. The summed E-state index contributed by atoms with van der Waals surface area (Å²) in [5.74, 6) is -1.40. The van der Waals surface area contributed by atoms with E-state index in [4.69, 9.17) is 5.11 Å². The lowest BCUT2D eigenvalue weighted by molar-refractivity contribution is -0.141. The molecule has 114 valence electrons. The summed E-state index contributed by atoms with van der Waals surface area (Å²) in [6.45, 7) is 3.60. The van der Waals surface area contributed by atoms with Gasteiger partial charge in [0.05, 0.1) is 6.42 Å². The molecular formula is C17H16BrNO3. The molecule has 0 fully saturated rings. The zero-order chi connectivity index (χ0) is 16.1. The van der Waals surface area contributed by atoms with Crippen LogP contribution in [0.3, 0.4) is 0 Å². The second-order valence-corrected chi connectivity index (χ2v) is 6.16. The highest BCUT2D eigenvalue weighted by atomic mass is 79.9. The maximum absolute atomic E-state index is 12.0. The fraction of sp³-hybridized carbons (Fsp3) is 0.176. The minimum atomic E-state index is -1.08. The molecule has 0 unspecified atom stereocenters. The molecule has 2 aromatic carbocycles. The number of nitrogens with one attached hydrogen (secondary N) is 1. The van der Waals surface area contributed by atoms with E-state index in [-0.39, 0.29) is 18.7 Å². The first-order valence-corrected chi connectivity index (χ1v) is 7.58. The fourth-order valence-corrected chi connectivity index (χ4v) is 2.52. The van der Waals surface area contributed by atoms with Gasteiger partial charge in [-0.05, 0) is 20.8 Å². The summed E-state index contributed by atoms with van der Waals surface area (Å²) in [6.07, 6.45) is 0.294. The molecular weight excluding hydrogens is 346 g/mol. The van der Waals surface area contributed by atoms with Gasteiger partial charge in [-0.3, -0.25) is 4.79 Å². The molecule has 2 rings (SSSR count). The number of carbonyl (C=O) groups is 2. The molecule has 22 heavy (non-hydrogen) atoms. The van der Waals surface area contributed by atoms with Gasteiger partial charge in [0.25, 0.3) is 0 Å². The topological polar surface area (TPSA) is 66.4 Å². The Morgan fingerprint density at radius 1 is 1.18 bits per heavy atom. The van der Waals surface area contributed by atoms with Crippen molar-refractivity contribution in [3.05, 3.63) is 59.1 Å². The van der Waals surface area contributed by atoms with E-state index < -0.39 is 12.0 Å². The largest absolute Gasteiger partial charge is 0.480 e. The van der Waals surface area contributed by atoms with E-state index in [0.717, 1.165) is 16.3 Å². The molecule has 0 saturated carbocycles. The van der Waals surface area contributed by atoms with Crippen LogP contribution in [0.1, 0.15) is 12.0 Å². The Morgan fingerprint density at radius 3 is 2.50 bits per heavy atom. The van der Waals surface area contributed by atoms with E-state index in [2.05, 4.69) is 27.8 Å². The Hall–Kier alpha value is -2.14. The maximum atomic E-state index is 12.0. The number of rotatable bonds is 6. The van der Waals surface area contributed by atoms with Crippen LogP contribution >= 0.6 is 15.9 Å². The summed E-state index contributed by atoms with van der Waals surface area (Å²) < 4.78 is 0.533. The van der Waals surface area contributed by atoms with Crippen LogP contribution in [0, 0.1) is 0 Å². The molecule has 1 atom stereocenters. The van der Waals surface area contributed by atoms with Crippen LogP contribution in [0.25, 0.3) is 10.8 Å². The molecule has 0 bridgehead atoms. The van der Waals surface area contributed by atoms with Crippen LogP contribution in [-0.4, -0.2) is 23.0 Å². The third kappa shape index (κ3) is 4.43. The Labute approximate surface area is 137 Å². The minimum absolute atomic E-state index is 0.142. The minimum Gasteiger partial charge on any atom is -0.480 e. The molecule has 2 aromatic rings. The van der Waals surface area contributed by atoms with Crippen molar-refractivity contribution in [3.63, 3.8) is 0 Å². The molecule has 0 heterocycles. The van der Waals surface area contributed by atoms with Gasteiger partial charge in [0.1, 0.15) is 6.04 Å². The number of carboxylic acids is 1. The van der Waals surface area contributed by atoms with Crippen LogP contribution in [0.2, 0.25) is 0 Å². The van der Waals surface area contributed by atoms with Gasteiger partial charge < -0.3 is 10.4 Å². The highest BCUT2D eigenvalue weighted by Crippen LogP contribution is 2.16. The third-order valence-corrected chi connectivity index (χ3v) is 3.56. The number of halogens is 1. The van der Waals surface area contributed by atoms with Crippen LogP contribution in [0.5, 0.6) is 0 Å². The number of aliphatic carboxylic acids is 1. The van der Waals surface area contributed by atoms with Crippen molar-refractivity contribution in [2.24, 2.45) is 0 Å². The van der Waals surface area contributed by atoms with Crippen molar-refractivity contribution in [1.82, 2.24) is 5.32 Å². The summed E-state index contributed by atoms with van der Waals surface area (Å²) in [5.41, 5.74) is 0.845. The molecule has 4 nitrogen and oxygen atoms in total. The lowest BCUT2D eigenvalue weighted by Crippen LogP contribution is -2.41. The lowest BCUT2D eigenvalue weighted by atomic mass is 10.0. The highest BCUT2D eigenvalue weighted by molar-refractivity contribution is 9.11. The number of hydrogen-bond acceptors (Lipinski definition) is 2. The van der Waals surface area contributed by atoms with Crippen LogP contribution in [0.4, 0.5) is 0 Å². The van der Waals surface area contributed by atoms with Crippen molar-refractivity contribution >= 4 is 38.6 Å². The van der Waals surface area contributed by atoms with Crippen molar-refractivity contribution < 1.29 is 14.7 Å². The van der Waals surface area contributed by atoms with Gasteiger partial charge in [-0.1, -0.05) is 65.0 Å². The van der Waals surface area contributed by atoms with Gasteiger partial charge in [-0.25, -0.2) is 4.79 Å². The van der Waals surface area contributed by atoms with E-state index in [0.29, 0.717) is 4.48 Å². The first kappa shape index (κ1) is 16.2. The molecule has 2 N–H and O–H groups in total. The van der Waals surface area contributed by atoms with E-state index >= 15 is 0 Å². The summed E-state index contributed by atoms with van der Waals surface area (Å²) >= 11 is 3.12. The number of amides is 1. The SMILES string of the molecule is C=C(Br)C[C@H](NC(=O)Cc1ccc2ccccc2c1)C(=O)O. The maximum Gasteiger partial charge on any atom is 0.326 e. The van der Waals surface area contributed by atoms with Crippen LogP contribution < -0.4 is 5.32 Å². The number of benzene rings is 2. The molecule has 0 saturated heterocycles. The quantitative estimate of drug-likeness (QED) is 0.829. The summed E-state index contributed by atoms with van der Waals surface area (Å²) in [5, 5.41) is 13.8. The van der Waals surface area contributed by atoms with Gasteiger partial charge >= 0.3 is 5.97 Å².